The SMILES string of the molecule is CC(=NC(CCO[Si](C)(C)C(C)(C)C)CCO[Si](C)(C)C(C)(C)C)NC(=O)OCc1ccccc1.CC(C)(C)[Si](C)(C)OCCC(CCO[Si](C)(C)C(C)(C)C)N=C(N)N. The zero-order chi connectivity index (χ0) is 47.0. The number of ether oxygens (including phenoxy) is 1. The number of nitrogens with two attached hydrogens (primary N) is 2. The number of nitrogens with zero attached hydrogens (tertiary/aromatic N) is 2. The van der Waals surface area contributed by atoms with E-state index in [4.69, 9.17) is 38.9 Å². The van der Waals surface area contributed by atoms with E-state index >= 15 is 0 Å². The fourth-order valence-electron chi connectivity index (χ4n) is 4.64. The highest BCUT2D eigenvalue weighted by Gasteiger charge is 2.40. The van der Waals surface area contributed by atoms with Crippen molar-refractivity contribution in [2.75, 3.05) is 26.4 Å². The van der Waals surface area contributed by atoms with Crippen molar-refractivity contribution in [3.63, 3.8) is 0 Å². The van der Waals surface area contributed by atoms with Gasteiger partial charge in [-0.15, -0.1) is 0 Å². The highest BCUT2D eigenvalue weighted by molar-refractivity contribution is 6.75. The minimum Gasteiger partial charge on any atom is -0.444 e. The number of rotatable bonds is 20. The summed E-state index contributed by atoms with van der Waals surface area (Å²) in [5, 5.41) is 3.52. The van der Waals surface area contributed by atoms with Gasteiger partial charge in [0, 0.05) is 26.4 Å². The molecule has 1 aromatic rings. The van der Waals surface area contributed by atoms with Crippen LogP contribution in [0.1, 0.15) is 121 Å². The molecule has 0 spiro atoms. The molecule has 15 heteroatoms. The maximum atomic E-state index is 12.3. The summed E-state index contributed by atoms with van der Waals surface area (Å²) in [6.45, 7) is 49.8. The Balaban J connectivity index is 0.00000123. The van der Waals surface area contributed by atoms with E-state index < -0.39 is 39.4 Å². The minimum absolute atomic E-state index is 0.000963. The molecule has 0 aliphatic heterocycles. The molecule has 0 saturated heterocycles. The predicted molar refractivity (Wildman–Crippen MR) is 267 cm³/mol. The number of guanidine groups is 1. The van der Waals surface area contributed by atoms with Crippen molar-refractivity contribution < 1.29 is 27.2 Å². The maximum absolute atomic E-state index is 12.3. The Labute approximate surface area is 372 Å². The van der Waals surface area contributed by atoms with E-state index in [0.717, 1.165) is 31.2 Å². The van der Waals surface area contributed by atoms with Gasteiger partial charge in [-0.2, -0.15) is 0 Å². The maximum Gasteiger partial charge on any atom is 0.412 e. The van der Waals surface area contributed by atoms with Crippen molar-refractivity contribution in [3.8, 4) is 0 Å². The molecule has 0 unspecified atom stereocenters. The Hall–Kier alpha value is -1.86. The van der Waals surface area contributed by atoms with Gasteiger partial charge in [0.2, 0.25) is 0 Å². The van der Waals surface area contributed by atoms with Gasteiger partial charge in [-0.3, -0.25) is 15.3 Å². The van der Waals surface area contributed by atoms with Crippen LogP contribution in [0.4, 0.5) is 4.79 Å². The molecule has 350 valence electrons. The van der Waals surface area contributed by atoms with Crippen LogP contribution >= 0.6 is 0 Å². The molecule has 0 aromatic heterocycles. The summed E-state index contributed by atoms with van der Waals surface area (Å²) in [6.07, 6.45) is 2.72. The van der Waals surface area contributed by atoms with Crippen LogP contribution in [0.25, 0.3) is 0 Å². The largest absolute Gasteiger partial charge is 0.444 e. The fraction of sp³-hybridized carbons (Fsp3) is 0.800. The van der Waals surface area contributed by atoms with Gasteiger partial charge in [0.15, 0.2) is 39.2 Å². The van der Waals surface area contributed by atoms with Crippen LogP contribution in [0.2, 0.25) is 72.5 Å². The number of carbonyl (C=O) groups is 1. The number of benzene rings is 1. The Kier molecular flexibility index (Phi) is 23.5. The van der Waals surface area contributed by atoms with Crippen molar-refractivity contribution in [2.45, 2.75) is 207 Å². The Morgan fingerprint density at radius 3 is 1.15 bits per heavy atom. The summed E-state index contributed by atoms with van der Waals surface area (Å²) in [5.41, 5.74) is 12.2. The van der Waals surface area contributed by atoms with E-state index in [9.17, 15) is 4.79 Å². The van der Waals surface area contributed by atoms with E-state index in [-0.39, 0.29) is 44.8 Å². The number of amidine groups is 1. The van der Waals surface area contributed by atoms with Crippen LogP contribution in [-0.4, -0.2) is 89.7 Å². The first-order chi connectivity index (χ1) is 26.9. The highest BCUT2D eigenvalue weighted by atomic mass is 28.4. The van der Waals surface area contributed by atoms with Crippen molar-refractivity contribution in [1.29, 1.82) is 0 Å². The van der Waals surface area contributed by atoms with Crippen molar-refractivity contribution >= 4 is 51.2 Å². The number of amides is 1. The molecule has 0 atom stereocenters. The molecule has 1 aromatic carbocycles. The molecule has 0 aliphatic carbocycles. The van der Waals surface area contributed by atoms with Crippen LogP contribution in [0.3, 0.4) is 0 Å². The second kappa shape index (κ2) is 24.3. The molecule has 0 saturated carbocycles. The molecule has 0 bridgehead atoms. The summed E-state index contributed by atoms with van der Waals surface area (Å²) in [5.74, 6) is 0.692. The van der Waals surface area contributed by atoms with Crippen LogP contribution in [0.5, 0.6) is 0 Å². The van der Waals surface area contributed by atoms with Gasteiger partial charge in [-0.1, -0.05) is 113 Å². The first kappa shape index (κ1) is 58.1. The molecule has 0 heterocycles. The van der Waals surface area contributed by atoms with Gasteiger partial charge in [0.1, 0.15) is 12.4 Å². The highest BCUT2D eigenvalue weighted by Crippen LogP contribution is 2.39. The number of hydrogen-bond donors (Lipinski definition) is 3. The van der Waals surface area contributed by atoms with Gasteiger partial charge < -0.3 is 33.9 Å². The average molecular weight is 913 g/mol. The lowest BCUT2D eigenvalue weighted by Gasteiger charge is -2.37. The van der Waals surface area contributed by atoms with Gasteiger partial charge in [-0.25, -0.2) is 4.79 Å². The number of carbonyl (C=O) groups excluding carboxylic acids is 1. The minimum atomic E-state index is -1.83. The zero-order valence-electron chi connectivity index (χ0n) is 42.4. The molecule has 0 fully saturated rings. The lowest BCUT2D eigenvalue weighted by atomic mass is 10.1. The van der Waals surface area contributed by atoms with Gasteiger partial charge in [-0.05, 0) is 111 Å². The van der Waals surface area contributed by atoms with E-state index in [1.165, 1.54) is 0 Å². The second-order valence-electron chi connectivity index (χ2n) is 22.4. The summed E-state index contributed by atoms with van der Waals surface area (Å²) >= 11 is 0. The number of aliphatic imine (C=N–C) groups is 2. The second-order valence-corrected chi connectivity index (χ2v) is 41.6. The quantitative estimate of drug-likeness (QED) is 0.0664. The van der Waals surface area contributed by atoms with E-state index in [0.29, 0.717) is 32.3 Å². The number of hydrogen-bond acceptors (Lipinski definition) is 8. The average Bonchev–Trinajstić information content (AvgIpc) is 3.05. The van der Waals surface area contributed by atoms with Gasteiger partial charge >= 0.3 is 6.09 Å². The summed E-state index contributed by atoms with van der Waals surface area (Å²) in [7, 11) is -7.13. The third-order valence-corrected chi connectivity index (χ3v) is 31.2. The van der Waals surface area contributed by atoms with Crippen molar-refractivity contribution in [1.82, 2.24) is 5.32 Å². The van der Waals surface area contributed by atoms with Crippen LogP contribution in [0, 0.1) is 0 Å². The van der Waals surface area contributed by atoms with Crippen molar-refractivity contribution in [2.24, 2.45) is 21.5 Å². The summed E-state index contributed by atoms with van der Waals surface area (Å²) in [6, 6.07) is 9.68. The van der Waals surface area contributed by atoms with Crippen LogP contribution < -0.4 is 16.8 Å². The van der Waals surface area contributed by atoms with Gasteiger partial charge in [0.25, 0.3) is 0 Å². The first-order valence-electron chi connectivity index (χ1n) is 22.1. The molecule has 5 N–H and O–H groups in total. The molecule has 1 amide bonds. The predicted octanol–water partition coefficient (Wildman–Crippen LogP) is 12.0. The first-order valence-corrected chi connectivity index (χ1v) is 33.7. The molecule has 60 heavy (non-hydrogen) atoms. The molecule has 1 rings (SSSR count). The van der Waals surface area contributed by atoms with E-state index in [2.05, 4.69) is 146 Å². The smallest absolute Gasteiger partial charge is 0.412 e. The monoisotopic (exact) mass is 912 g/mol. The lowest BCUT2D eigenvalue weighted by Crippen LogP contribution is -2.42. The summed E-state index contributed by atoms with van der Waals surface area (Å²) in [4.78, 5) is 21.5. The third-order valence-electron chi connectivity index (χ3n) is 13.1. The van der Waals surface area contributed by atoms with E-state index in [1.807, 2.05) is 30.3 Å². The van der Waals surface area contributed by atoms with Crippen LogP contribution in [0.15, 0.2) is 40.3 Å². The fourth-order valence-corrected chi connectivity index (χ4v) is 8.88. The Morgan fingerprint density at radius 2 is 0.867 bits per heavy atom. The molecule has 11 nitrogen and oxygen atoms in total. The molecular formula is C45H93N5O6Si4. The third kappa shape index (κ3) is 22.5. The standard InChI is InChI=1S/C27H50N2O4Si2.C18H43N3O2Si2/c1-22(29-25(30)31-21-23-15-13-12-14-16-23)28-24(17-19-32-34(8,9)26(2,3)4)18-20-33-35(10,11)27(5,6)7;1-17(2,3)24(7,8)22-13-11-15(21-16(19)20)12-14-23-25(9,10)18(4,5)6/h12-16,24H,17-21H2,1-11H3,(H,28,29,30);15H,11-14H2,1-10H3,(H4,19,20,21). The van der Waals surface area contributed by atoms with Crippen molar-refractivity contribution in [3.05, 3.63) is 35.9 Å². The topological polar surface area (TPSA) is 152 Å². The molecular weight excluding hydrogens is 819 g/mol. The number of nitrogens with one attached hydrogen (secondary N) is 1. The van der Waals surface area contributed by atoms with E-state index in [1.54, 1.807) is 6.92 Å². The lowest BCUT2D eigenvalue weighted by molar-refractivity contribution is 0.145. The van der Waals surface area contributed by atoms with Gasteiger partial charge in [0.05, 0.1) is 12.1 Å². The normalized spacial score (nSPS) is 13.9. The Bertz CT molecular complexity index is 1390. The Morgan fingerprint density at radius 1 is 0.567 bits per heavy atom. The van der Waals surface area contributed by atoms with Crippen LogP contribution in [-0.2, 0) is 29.0 Å². The number of alkyl carbamates (subject to hydrolysis) is 1. The molecule has 0 aliphatic rings. The summed E-state index contributed by atoms with van der Waals surface area (Å²) < 4.78 is 30.7. The molecule has 0 radical (unpaired) electrons. The zero-order valence-corrected chi connectivity index (χ0v) is 46.4.